The number of carbonyl (C=O) groups excluding carboxylic acids is 1. The molecule has 8 nitrogen and oxygen atoms in total. The summed E-state index contributed by atoms with van der Waals surface area (Å²) in [6, 6.07) is -0.286. The number of thiocarbonyl (C=S) groups is 2. The summed E-state index contributed by atoms with van der Waals surface area (Å²) >= 11 is 7.40. The van der Waals surface area contributed by atoms with Crippen molar-refractivity contribution in [3.63, 3.8) is 0 Å². The Balaban J connectivity index is 0. The molecule has 4 atom stereocenters. The topological polar surface area (TPSA) is 150 Å². The van der Waals surface area contributed by atoms with E-state index in [1.165, 1.54) is 10.3 Å². The summed E-state index contributed by atoms with van der Waals surface area (Å²) in [5.74, 6) is -2.65. The largest absolute Gasteiger partial charge is 4.00 e. The van der Waals surface area contributed by atoms with Crippen molar-refractivity contribution < 1.29 is 39.3 Å². The van der Waals surface area contributed by atoms with E-state index in [9.17, 15) is 14.7 Å². The molecule has 2 saturated heterocycles. The van der Waals surface area contributed by atoms with Gasteiger partial charge in [-0.05, 0) is 5.92 Å². The van der Waals surface area contributed by atoms with Crippen LogP contribution in [0.5, 0.6) is 0 Å². The first-order valence-electron chi connectivity index (χ1n) is 7.20. The van der Waals surface area contributed by atoms with Gasteiger partial charge in [-0.15, -0.1) is 13.1 Å². The molecule has 0 saturated carbocycles. The second kappa shape index (κ2) is 15.3. The van der Waals surface area contributed by atoms with Gasteiger partial charge in [0.1, 0.15) is 0 Å². The zero-order chi connectivity index (χ0) is 18.5. The molecule has 138 valence electrons. The Labute approximate surface area is 169 Å². The number of hydrogen-bond donors (Lipinski definition) is 1. The molecule has 0 radical (unpaired) electrons. The van der Waals surface area contributed by atoms with Crippen LogP contribution in [0.2, 0.25) is 0 Å². The van der Waals surface area contributed by atoms with Gasteiger partial charge in [0.05, 0.1) is 5.92 Å². The van der Waals surface area contributed by atoms with Crippen LogP contribution < -0.4 is 5.11 Å². The zero-order valence-corrected chi connectivity index (χ0v) is 16.6. The van der Waals surface area contributed by atoms with E-state index in [1.54, 1.807) is 0 Å². The molecule has 0 amide bonds. The maximum absolute atomic E-state index is 11.0. The first kappa shape index (κ1) is 26.3. The number of rotatable bonds is 3. The minimum absolute atomic E-state index is 0. The molecular formula is C14H17N4O4RuS2-. The molecule has 2 aliphatic rings. The van der Waals surface area contributed by atoms with Crippen LogP contribution in [0.3, 0.4) is 0 Å². The molecule has 0 aliphatic carbocycles. The molecular weight excluding hydrogens is 453 g/mol. The number of nitrogens with zero attached hydrogens (tertiary/aromatic N) is 4. The summed E-state index contributed by atoms with van der Waals surface area (Å²) < 4.78 is 0. The Kier molecular flexibility index (Phi) is 16.2. The molecule has 1 N–H and O–H groups in total. The van der Waals surface area contributed by atoms with Crippen LogP contribution in [0.4, 0.5) is 0 Å². The average Bonchev–Trinajstić information content (AvgIpc) is 2.56. The second-order valence-corrected chi connectivity index (χ2v) is 5.59. The fourth-order valence-electron chi connectivity index (χ4n) is 2.76. The van der Waals surface area contributed by atoms with Gasteiger partial charge >= 0.3 is 25.4 Å². The minimum atomic E-state index is -1.03. The van der Waals surface area contributed by atoms with Gasteiger partial charge in [-0.1, -0.05) is 50.1 Å². The summed E-state index contributed by atoms with van der Waals surface area (Å²) in [6.07, 6.45) is 2.00. The fraction of sp³-hybridized carbons (Fsp3) is 0.714. The molecule has 0 spiro atoms. The maximum atomic E-state index is 11.0. The van der Waals surface area contributed by atoms with Crippen molar-refractivity contribution in [1.82, 2.24) is 0 Å². The van der Waals surface area contributed by atoms with Gasteiger partial charge in [0.15, 0.2) is 0 Å². The van der Waals surface area contributed by atoms with Gasteiger partial charge in [0, 0.05) is 5.97 Å². The third kappa shape index (κ3) is 10.6. The second-order valence-electron chi connectivity index (χ2n) is 5.23. The van der Waals surface area contributed by atoms with E-state index >= 15 is 0 Å². The summed E-state index contributed by atoms with van der Waals surface area (Å²) in [7, 11) is 0. The average molecular weight is 471 g/mol. The first-order chi connectivity index (χ1) is 11.4. The number of aliphatic carboxylic acids is 2. The van der Waals surface area contributed by atoms with E-state index in [-0.39, 0.29) is 37.5 Å². The Morgan fingerprint density at radius 2 is 1.36 bits per heavy atom. The summed E-state index contributed by atoms with van der Waals surface area (Å²) in [4.78, 5) is 21.9. The van der Waals surface area contributed by atoms with E-state index in [0.717, 1.165) is 0 Å². The standard InChI is InChI=1S/C12H18N2O4.2CNS.Ru/c15-11(16)7-1-3-13-9(5-7)10-6-8(12(17)18)2-4-14-10;2*2-1-3;/h7-10H,1-6H2,(H,15,16)(H,17,18);;;/q-2;2*-1;+4/p-1. The predicted molar refractivity (Wildman–Crippen MR) is 94.0 cm³/mol. The van der Waals surface area contributed by atoms with E-state index in [2.05, 4.69) is 35.1 Å². The SMILES string of the molecule is O=C([O-])C1CC[N-]C(C2CC(C(=O)O)CC[N-]2)C1.[N-]=C=S.[N-]=C=S.[Ru+4]. The van der Waals surface area contributed by atoms with E-state index in [1.807, 2.05) is 0 Å². The number of isothiocyanates is 2. The smallest absolute Gasteiger partial charge is 0.753 e. The van der Waals surface area contributed by atoms with E-state index in [4.69, 9.17) is 15.9 Å². The van der Waals surface area contributed by atoms with Crippen molar-refractivity contribution in [2.45, 2.75) is 37.8 Å². The molecule has 0 aromatic heterocycles. The molecule has 25 heavy (non-hydrogen) atoms. The quantitative estimate of drug-likeness (QED) is 0.374. The van der Waals surface area contributed by atoms with E-state index in [0.29, 0.717) is 38.8 Å². The normalized spacial score (nSPS) is 27.4. The molecule has 0 aromatic rings. The van der Waals surface area contributed by atoms with Crippen molar-refractivity contribution in [1.29, 1.82) is 0 Å². The van der Waals surface area contributed by atoms with Crippen molar-refractivity contribution >= 4 is 46.7 Å². The maximum Gasteiger partial charge on any atom is 4.00 e. The molecule has 4 unspecified atom stereocenters. The third-order valence-corrected chi connectivity index (χ3v) is 3.86. The summed E-state index contributed by atoms with van der Waals surface area (Å²) in [5, 5.41) is 45.6. The molecule has 0 aromatic carbocycles. The van der Waals surface area contributed by atoms with Crippen LogP contribution in [-0.2, 0) is 29.1 Å². The van der Waals surface area contributed by atoms with Gasteiger partial charge in [-0.3, -0.25) is 4.79 Å². The van der Waals surface area contributed by atoms with Crippen molar-refractivity contribution in [3.05, 3.63) is 21.5 Å². The Morgan fingerprint density at radius 1 is 1.00 bits per heavy atom. The first-order valence-corrected chi connectivity index (χ1v) is 8.02. The molecule has 2 heterocycles. The van der Waals surface area contributed by atoms with Crippen LogP contribution in [0, 0.1) is 11.8 Å². The van der Waals surface area contributed by atoms with Crippen molar-refractivity contribution in [2.75, 3.05) is 13.1 Å². The van der Waals surface area contributed by atoms with Crippen LogP contribution in [-0.4, -0.2) is 52.5 Å². The van der Waals surface area contributed by atoms with Crippen LogP contribution >= 0.6 is 24.4 Å². The number of carbonyl (C=O) groups is 2. The van der Waals surface area contributed by atoms with Crippen LogP contribution in [0.25, 0.3) is 21.5 Å². The zero-order valence-electron chi connectivity index (χ0n) is 13.2. The van der Waals surface area contributed by atoms with Crippen molar-refractivity contribution in [3.8, 4) is 0 Å². The fourth-order valence-corrected chi connectivity index (χ4v) is 2.76. The Morgan fingerprint density at radius 3 is 1.72 bits per heavy atom. The van der Waals surface area contributed by atoms with Gasteiger partial charge in [0.2, 0.25) is 0 Å². The molecule has 0 bridgehead atoms. The molecule has 11 heteroatoms. The Bertz CT molecular complexity index is 453. The van der Waals surface area contributed by atoms with Gasteiger partial charge in [-0.25, -0.2) is 0 Å². The number of piperidine rings is 2. The van der Waals surface area contributed by atoms with Gasteiger partial charge < -0.3 is 36.5 Å². The van der Waals surface area contributed by atoms with Crippen LogP contribution in [0.1, 0.15) is 25.7 Å². The predicted octanol–water partition coefficient (Wildman–Crippen LogP) is 1.44. The van der Waals surface area contributed by atoms with E-state index < -0.39 is 17.9 Å². The molecule has 2 aliphatic heterocycles. The summed E-state index contributed by atoms with van der Waals surface area (Å²) in [5.41, 5.74) is 0. The van der Waals surface area contributed by atoms with Crippen molar-refractivity contribution in [2.24, 2.45) is 11.8 Å². The molecule has 2 rings (SSSR count). The Hall–Kier alpha value is -0.917. The number of carboxylic acids is 2. The number of hydrogen-bond acceptors (Lipinski definition) is 5. The van der Waals surface area contributed by atoms with Gasteiger partial charge in [0.25, 0.3) is 0 Å². The molecule has 2 fully saturated rings. The minimum Gasteiger partial charge on any atom is -0.753 e. The third-order valence-electron chi connectivity index (χ3n) is 3.86. The monoisotopic (exact) mass is 471 g/mol. The van der Waals surface area contributed by atoms with Crippen LogP contribution in [0.15, 0.2) is 0 Å². The van der Waals surface area contributed by atoms with Gasteiger partial charge in [-0.2, -0.15) is 22.4 Å². The number of carboxylic acid groups (broad SMARTS) is 2. The summed E-state index contributed by atoms with van der Waals surface area (Å²) in [6.45, 7) is 1.04.